The number of carbonyl (C=O) groups is 2. The normalized spacial score (nSPS) is 10.6. The van der Waals surface area contributed by atoms with Crippen molar-refractivity contribution in [1.29, 1.82) is 0 Å². The van der Waals surface area contributed by atoms with Crippen LogP contribution in [0.3, 0.4) is 0 Å². The molecule has 1 rings (SSSR count). The Hall–Kier alpha value is -1.88. The Morgan fingerprint density at radius 1 is 1.10 bits per heavy atom. The zero-order chi connectivity index (χ0) is 15.0. The number of hydrogen-bond acceptors (Lipinski definition) is 3. The summed E-state index contributed by atoms with van der Waals surface area (Å²) < 4.78 is 0. The molecule has 0 saturated carbocycles. The number of benzene rings is 1. The molecule has 110 valence electrons. The second-order valence-electron chi connectivity index (χ2n) is 5.03. The van der Waals surface area contributed by atoms with Gasteiger partial charge < -0.3 is 10.6 Å². The minimum Gasteiger partial charge on any atom is -0.351 e. The number of imide groups is 1. The zero-order valence-electron chi connectivity index (χ0n) is 12.2. The highest BCUT2D eigenvalue weighted by molar-refractivity contribution is 5.93. The maximum atomic E-state index is 12.0. The molecular weight excluding hydrogens is 254 g/mol. The fourth-order valence-electron chi connectivity index (χ4n) is 1.93. The summed E-state index contributed by atoms with van der Waals surface area (Å²) in [5.41, 5.74) is 6.36. The van der Waals surface area contributed by atoms with Crippen molar-refractivity contribution in [1.82, 2.24) is 9.80 Å². The number of nitrogens with two attached hydrogens (primary N) is 1. The summed E-state index contributed by atoms with van der Waals surface area (Å²) in [6.07, 6.45) is 1.65. The van der Waals surface area contributed by atoms with Gasteiger partial charge >= 0.3 is 6.03 Å². The smallest absolute Gasteiger partial charge is 0.321 e. The molecule has 2 N–H and O–H groups in total. The fourth-order valence-corrected chi connectivity index (χ4v) is 1.93. The van der Waals surface area contributed by atoms with Gasteiger partial charge in [-0.2, -0.15) is 0 Å². The van der Waals surface area contributed by atoms with Crippen molar-refractivity contribution in [3.05, 3.63) is 35.9 Å². The topological polar surface area (TPSA) is 66.6 Å². The summed E-state index contributed by atoms with van der Waals surface area (Å²) in [4.78, 5) is 26.5. The molecular formula is C15H23N3O2. The minimum absolute atomic E-state index is 0.208. The van der Waals surface area contributed by atoms with Gasteiger partial charge in [0, 0.05) is 13.0 Å². The Bertz CT molecular complexity index is 432. The summed E-state index contributed by atoms with van der Waals surface area (Å²) in [6, 6.07) is 9.07. The molecule has 0 heterocycles. The van der Waals surface area contributed by atoms with Gasteiger partial charge in [0.15, 0.2) is 0 Å². The van der Waals surface area contributed by atoms with Crippen LogP contribution in [-0.4, -0.2) is 48.9 Å². The van der Waals surface area contributed by atoms with Crippen molar-refractivity contribution in [2.75, 3.05) is 27.2 Å². The highest BCUT2D eigenvalue weighted by atomic mass is 16.2. The number of aryl methyl sites for hydroxylation is 1. The Balaban J connectivity index is 2.45. The third-order valence-electron chi connectivity index (χ3n) is 3.02. The second kappa shape index (κ2) is 8.32. The molecule has 0 radical (unpaired) electrons. The molecule has 20 heavy (non-hydrogen) atoms. The molecule has 0 bridgehead atoms. The number of rotatable bonds is 7. The quantitative estimate of drug-likeness (QED) is 0.821. The number of amides is 3. The van der Waals surface area contributed by atoms with Crippen LogP contribution in [0.15, 0.2) is 30.3 Å². The first-order valence-corrected chi connectivity index (χ1v) is 6.79. The molecule has 0 aromatic heterocycles. The summed E-state index contributed by atoms with van der Waals surface area (Å²) in [6.45, 7) is 1.19. The largest absolute Gasteiger partial charge is 0.351 e. The third-order valence-corrected chi connectivity index (χ3v) is 3.02. The maximum Gasteiger partial charge on any atom is 0.321 e. The summed E-state index contributed by atoms with van der Waals surface area (Å²) >= 11 is 0. The molecule has 3 amide bonds. The predicted octanol–water partition coefficient (Wildman–Crippen LogP) is 1.48. The lowest BCUT2D eigenvalue weighted by Gasteiger charge is -2.19. The molecule has 0 unspecified atom stereocenters. The van der Waals surface area contributed by atoms with E-state index in [1.165, 1.54) is 0 Å². The number of urea groups is 1. The molecule has 0 saturated heterocycles. The van der Waals surface area contributed by atoms with Crippen molar-refractivity contribution in [2.45, 2.75) is 19.3 Å². The van der Waals surface area contributed by atoms with Crippen LogP contribution in [0.25, 0.3) is 0 Å². The van der Waals surface area contributed by atoms with Crippen molar-refractivity contribution >= 4 is 11.9 Å². The molecule has 0 aliphatic rings. The molecule has 0 aliphatic heterocycles. The average Bonchev–Trinajstić information content (AvgIpc) is 2.41. The van der Waals surface area contributed by atoms with E-state index in [1.54, 1.807) is 0 Å². The summed E-state index contributed by atoms with van der Waals surface area (Å²) in [5, 5.41) is 0. The lowest BCUT2D eigenvalue weighted by molar-refractivity contribution is -0.128. The van der Waals surface area contributed by atoms with E-state index in [4.69, 9.17) is 5.73 Å². The molecule has 0 aliphatic carbocycles. The van der Waals surface area contributed by atoms with Crippen LogP contribution in [-0.2, 0) is 11.2 Å². The van der Waals surface area contributed by atoms with Crippen molar-refractivity contribution in [2.24, 2.45) is 5.73 Å². The van der Waals surface area contributed by atoms with Gasteiger partial charge in [-0.3, -0.25) is 9.69 Å². The van der Waals surface area contributed by atoms with Gasteiger partial charge in [0.25, 0.3) is 0 Å². The Labute approximate surface area is 120 Å². The van der Waals surface area contributed by atoms with Crippen LogP contribution in [0, 0.1) is 0 Å². The number of primary amides is 1. The monoisotopic (exact) mass is 277 g/mol. The highest BCUT2D eigenvalue weighted by Crippen LogP contribution is 2.05. The second-order valence-corrected chi connectivity index (χ2v) is 5.03. The Kier molecular flexibility index (Phi) is 6.73. The van der Waals surface area contributed by atoms with E-state index in [-0.39, 0.29) is 5.91 Å². The van der Waals surface area contributed by atoms with Gasteiger partial charge in [0.1, 0.15) is 0 Å². The highest BCUT2D eigenvalue weighted by Gasteiger charge is 2.18. The SMILES string of the molecule is CN(C)CCCN(C(N)=O)C(=O)CCc1ccccc1. The van der Waals surface area contributed by atoms with Gasteiger partial charge in [-0.05, 0) is 39.0 Å². The van der Waals surface area contributed by atoms with E-state index in [9.17, 15) is 9.59 Å². The first kappa shape index (κ1) is 16.2. The van der Waals surface area contributed by atoms with E-state index < -0.39 is 6.03 Å². The molecule has 1 aromatic carbocycles. The molecule has 5 heteroatoms. The Morgan fingerprint density at radius 3 is 2.30 bits per heavy atom. The van der Waals surface area contributed by atoms with Crippen LogP contribution in [0.2, 0.25) is 0 Å². The predicted molar refractivity (Wildman–Crippen MR) is 79.2 cm³/mol. The van der Waals surface area contributed by atoms with Gasteiger partial charge in [-0.1, -0.05) is 30.3 Å². The van der Waals surface area contributed by atoms with E-state index in [1.807, 2.05) is 49.3 Å². The van der Waals surface area contributed by atoms with Crippen LogP contribution in [0.5, 0.6) is 0 Å². The van der Waals surface area contributed by atoms with Gasteiger partial charge in [-0.25, -0.2) is 4.79 Å². The van der Waals surface area contributed by atoms with E-state index >= 15 is 0 Å². The minimum atomic E-state index is -0.665. The van der Waals surface area contributed by atoms with Crippen LogP contribution < -0.4 is 5.73 Å². The first-order chi connectivity index (χ1) is 9.50. The fraction of sp³-hybridized carbons (Fsp3) is 0.467. The van der Waals surface area contributed by atoms with E-state index in [0.29, 0.717) is 19.4 Å². The lowest BCUT2D eigenvalue weighted by Crippen LogP contribution is -2.42. The molecule has 5 nitrogen and oxygen atoms in total. The Morgan fingerprint density at radius 2 is 1.75 bits per heavy atom. The third kappa shape index (κ3) is 5.84. The van der Waals surface area contributed by atoms with Gasteiger partial charge in [0.05, 0.1) is 0 Å². The van der Waals surface area contributed by atoms with Gasteiger partial charge in [0.2, 0.25) is 5.91 Å². The zero-order valence-corrected chi connectivity index (χ0v) is 12.2. The average molecular weight is 277 g/mol. The van der Waals surface area contributed by atoms with E-state index in [2.05, 4.69) is 0 Å². The van der Waals surface area contributed by atoms with Crippen LogP contribution >= 0.6 is 0 Å². The standard InChI is InChI=1S/C15H23N3O2/c1-17(2)11-6-12-18(15(16)20)14(19)10-9-13-7-4-3-5-8-13/h3-5,7-8H,6,9-12H2,1-2H3,(H2,16,20). The number of carbonyl (C=O) groups excluding carboxylic acids is 2. The lowest BCUT2D eigenvalue weighted by atomic mass is 10.1. The first-order valence-electron chi connectivity index (χ1n) is 6.79. The van der Waals surface area contributed by atoms with Crippen molar-refractivity contribution in [3.63, 3.8) is 0 Å². The molecule has 0 spiro atoms. The molecule has 0 atom stereocenters. The summed E-state index contributed by atoms with van der Waals surface area (Å²) in [7, 11) is 3.90. The number of nitrogens with zero attached hydrogens (tertiary/aromatic N) is 2. The van der Waals surface area contributed by atoms with E-state index in [0.717, 1.165) is 23.4 Å². The van der Waals surface area contributed by atoms with Gasteiger partial charge in [-0.15, -0.1) is 0 Å². The van der Waals surface area contributed by atoms with Crippen molar-refractivity contribution in [3.8, 4) is 0 Å². The van der Waals surface area contributed by atoms with Crippen molar-refractivity contribution < 1.29 is 9.59 Å². The number of hydrogen-bond donors (Lipinski definition) is 1. The maximum absolute atomic E-state index is 12.0. The van der Waals surface area contributed by atoms with Crippen LogP contribution in [0.1, 0.15) is 18.4 Å². The molecule has 0 fully saturated rings. The molecule has 1 aromatic rings. The summed E-state index contributed by atoms with van der Waals surface area (Å²) in [5.74, 6) is -0.208. The van der Waals surface area contributed by atoms with Crippen LogP contribution in [0.4, 0.5) is 4.79 Å².